The Bertz CT molecular complexity index is 386. The Morgan fingerprint density at radius 3 is 3.00 bits per heavy atom. The first kappa shape index (κ1) is 13.8. The van der Waals surface area contributed by atoms with Gasteiger partial charge in [-0.15, -0.1) is 0 Å². The summed E-state index contributed by atoms with van der Waals surface area (Å²) in [4.78, 5) is 2.33. The first-order valence-corrected chi connectivity index (χ1v) is 7.16. The van der Waals surface area contributed by atoms with Crippen LogP contribution in [0.4, 0.5) is 0 Å². The fourth-order valence-electron chi connectivity index (χ4n) is 2.33. The van der Waals surface area contributed by atoms with Crippen LogP contribution in [0.1, 0.15) is 13.3 Å². The smallest absolute Gasteiger partial charge is 0.120 e. The molecule has 0 N–H and O–H groups in total. The van der Waals surface area contributed by atoms with E-state index >= 15 is 0 Å². The van der Waals surface area contributed by atoms with Crippen molar-refractivity contribution in [3.8, 4) is 5.75 Å². The maximum Gasteiger partial charge on any atom is 0.120 e. The van der Waals surface area contributed by atoms with Gasteiger partial charge in [-0.2, -0.15) is 0 Å². The highest BCUT2D eigenvalue weighted by atomic mass is 79.9. The second-order valence-corrected chi connectivity index (χ2v) is 5.63. The van der Waals surface area contributed by atoms with Crippen molar-refractivity contribution in [3.05, 3.63) is 28.7 Å². The molecule has 0 saturated carbocycles. The molecule has 0 radical (unpaired) electrons. The number of rotatable bonds is 5. The van der Waals surface area contributed by atoms with Crippen molar-refractivity contribution < 1.29 is 9.47 Å². The van der Waals surface area contributed by atoms with Gasteiger partial charge in [-0.1, -0.05) is 22.0 Å². The Kier molecular flexibility index (Phi) is 5.03. The summed E-state index contributed by atoms with van der Waals surface area (Å²) < 4.78 is 12.4. The highest BCUT2D eigenvalue weighted by Gasteiger charge is 2.27. The molecule has 0 aromatic heterocycles. The van der Waals surface area contributed by atoms with Crippen LogP contribution in [0.3, 0.4) is 0 Å². The van der Waals surface area contributed by atoms with Gasteiger partial charge in [0, 0.05) is 23.7 Å². The summed E-state index contributed by atoms with van der Waals surface area (Å²) in [6.07, 6.45) is 1.45. The average molecular weight is 314 g/mol. The summed E-state index contributed by atoms with van der Waals surface area (Å²) in [6, 6.07) is 8.47. The minimum absolute atomic E-state index is 0.334. The molecule has 0 bridgehead atoms. The lowest BCUT2D eigenvalue weighted by Gasteiger charge is -2.26. The van der Waals surface area contributed by atoms with Gasteiger partial charge in [0.1, 0.15) is 12.4 Å². The maximum absolute atomic E-state index is 5.74. The molecule has 18 heavy (non-hydrogen) atoms. The summed E-state index contributed by atoms with van der Waals surface area (Å²) in [5.41, 5.74) is 0. The van der Waals surface area contributed by atoms with E-state index in [4.69, 9.17) is 9.47 Å². The van der Waals surface area contributed by atoms with E-state index in [2.05, 4.69) is 34.8 Å². The molecule has 1 aromatic rings. The predicted octanol–water partition coefficient (Wildman–Crippen LogP) is 2.94. The lowest BCUT2D eigenvalue weighted by atomic mass is 10.1. The molecule has 4 heteroatoms. The van der Waals surface area contributed by atoms with E-state index in [0.29, 0.717) is 18.8 Å². The zero-order valence-electron chi connectivity index (χ0n) is 10.9. The van der Waals surface area contributed by atoms with Gasteiger partial charge in [0.2, 0.25) is 0 Å². The number of likely N-dealkylation sites (N-methyl/N-ethyl adjacent to an activating group) is 1. The van der Waals surface area contributed by atoms with Crippen molar-refractivity contribution in [2.75, 3.05) is 26.8 Å². The van der Waals surface area contributed by atoms with Crippen LogP contribution in [0, 0.1) is 0 Å². The highest BCUT2D eigenvalue weighted by molar-refractivity contribution is 9.10. The third-order valence-electron chi connectivity index (χ3n) is 3.41. The molecule has 1 aromatic carbocycles. The SMILES string of the molecule is CC1OCCC1N(C)CCOc1cccc(Br)c1. The molecule has 1 heterocycles. The molecular formula is C14H20BrNO2. The Labute approximate surface area is 117 Å². The van der Waals surface area contributed by atoms with E-state index in [1.807, 2.05) is 24.3 Å². The molecule has 1 saturated heterocycles. The van der Waals surface area contributed by atoms with E-state index in [0.717, 1.165) is 29.8 Å². The van der Waals surface area contributed by atoms with Gasteiger partial charge >= 0.3 is 0 Å². The van der Waals surface area contributed by atoms with Gasteiger partial charge in [-0.3, -0.25) is 4.90 Å². The van der Waals surface area contributed by atoms with Gasteiger partial charge in [0.05, 0.1) is 6.10 Å². The number of benzene rings is 1. The van der Waals surface area contributed by atoms with Crippen molar-refractivity contribution >= 4 is 15.9 Å². The predicted molar refractivity (Wildman–Crippen MR) is 76.1 cm³/mol. The minimum atomic E-state index is 0.334. The summed E-state index contributed by atoms with van der Waals surface area (Å²) in [5, 5.41) is 0. The van der Waals surface area contributed by atoms with Gasteiger partial charge < -0.3 is 9.47 Å². The monoisotopic (exact) mass is 313 g/mol. The molecule has 0 aliphatic carbocycles. The van der Waals surface area contributed by atoms with Crippen LogP contribution in [-0.2, 0) is 4.74 Å². The molecule has 100 valence electrons. The highest BCUT2D eigenvalue weighted by Crippen LogP contribution is 2.19. The van der Waals surface area contributed by atoms with Crippen LogP contribution in [0.15, 0.2) is 28.7 Å². The summed E-state index contributed by atoms with van der Waals surface area (Å²) in [6.45, 7) is 4.65. The summed E-state index contributed by atoms with van der Waals surface area (Å²) >= 11 is 3.44. The first-order valence-electron chi connectivity index (χ1n) is 6.37. The first-order chi connectivity index (χ1) is 8.66. The van der Waals surface area contributed by atoms with Crippen LogP contribution < -0.4 is 4.74 Å². The van der Waals surface area contributed by atoms with Crippen molar-refractivity contribution in [1.82, 2.24) is 4.90 Å². The molecule has 2 rings (SSSR count). The van der Waals surface area contributed by atoms with Crippen molar-refractivity contribution in [2.24, 2.45) is 0 Å². The second-order valence-electron chi connectivity index (χ2n) is 4.72. The normalized spacial score (nSPS) is 23.6. The lowest BCUT2D eigenvalue weighted by molar-refractivity contribution is 0.0787. The second kappa shape index (κ2) is 6.55. The molecule has 2 atom stereocenters. The third kappa shape index (κ3) is 3.70. The molecule has 1 aliphatic rings. The van der Waals surface area contributed by atoms with Crippen LogP contribution in [0.2, 0.25) is 0 Å². The average Bonchev–Trinajstić information content (AvgIpc) is 2.75. The largest absolute Gasteiger partial charge is 0.492 e. The maximum atomic E-state index is 5.74. The van der Waals surface area contributed by atoms with Crippen LogP contribution in [0.25, 0.3) is 0 Å². The van der Waals surface area contributed by atoms with Crippen molar-refractivity contribution in [1.29, 1.82) is 0 Å². The zero-order valence-corrected chi connectivity index (χ0v) is 12.5. The Morgan fingerprint density at radius 1 is 1.50 bits per heavy atom. The van der Waals surface area contributed by atoms with Crippen LogP contribution in [-0.4, -0.2) is 43.9 Å². The standard InChI is InChI=1S/C14H20BrNO2/c1-11-14(6-8-17-11)16(2)7-9-18-13-5-3-4-12(15)10-13/h3-5,10-11,14H,6-9H2,1-2H3. The Hall–Kier alpha value is -0.580. The molecule has 1 aliphatic heterocycles. The summed E-state index contributed by atoms with van der Waals surface area (Å²) in [5.74, 6) is 0.911. The fourth-order valence-corrected chi connectivity index (χ4v) is 2.71. The molecular weight excluding hydrogens is 294 g/mol. The fraction of sp³-hybridized carbons (Fsp3) is 0.571. The van der Waals surface area contributed by atoms with Gasteiger partial charge in [0.15, 0.2) is 0 Å². The number of halogens is 1. The van der Waals surface area contributed by atoms with E-state index in [1.165, 1.54) is 0 Å². The van der Waals surface area contributed by atoms with Crippen LogP contribution in [0.5, 0.6) is 5.75 Å². The van der Waals surface area contributed by atoms with E-state index < -0.39 is 0 Å². The van der Waals surface area contributed by atoms with Crippen molar-refractivity contribution in [3.63, 3.8) is 0 Å². The van der Waals surface area contributed by atoms with Crippen molar-refractivity contribution in [2.45, 2.75) is 25.5 Å². The van der Waals surface area contributed by atoms with Gasteiger partial charge in [-0.25, -0.2) is 0 Å². The number of hydrogen-bond donors (Lipinski definition) is 0. The lowest BCUT2D eigenvalue weighted by Crippen LogP contribution is -2.39. The number of ether oxygens (including phenoxy) is 2. The Morgan fingerprint density at radius 2 is 2.33 bits per heavy atom. The molecule has 0 amide bonds. The number of nitrogens with zero attached hydrogens (tertiary/aromatic N) is 1. The van der Waals surface area contributed by atoms with E-state index in [1.54, 1.807) is 0 Å². The topological polar surface area (TPSA) is 21.7 Å². The van der Waals surface area contributed by atoms with E-state index in [9.17, 15) is 0 Å². The molecule has 3 nitrogen and oxygen atoms in total. The number of hydrogen-bond acceptors (Lipinski definition) is 3. The third-order valence-corrected chi connectivity index (χ3v) is 3.90. The summed E-state index contributed by atoms with van der Waals surface area (Å²) in [7, 11) is 2.14. The quantitative estimate of drug-likeness (QED) is 0.834. The van der Waals surface area contributed by atoms with Gasteiger partial charge in [0.25, 0.3) is 0 Å². The van der Waals surface area contributed by atoms with Gasteiger partial charge in [-0.05, 0) is 38.6 Å². The zero-order chi connectivity index (χ0) is 13.0. The van der Waals surface area contributed by atoms with Crippen LogP contribution >= 0.6 is 15.9 Å². The van der Waals surface area contributed by atoms with E-state index in [-0.39, 0.29) is 0 Å². The molecule has 1 fully saturated rings. The minimum Gasteiger partial charge on any atom is -0.492 e. The molecule has 2 unspecified atom stereocenters. The molecule has 0 spiro atoms. The Balaban J connectivity index is 1.75.